The predicted octanol–water partition coefficient (Wildman–Crippen LogP) is 1.61. The number of fused-ring (bicyclic) bond motifs is 1. The number of pyridine rings is 1. The number of benzene rings is 1. The highest BCUT2D eigenvalue weighted by atomic mass is 19.1. The van der Waals surface area contributed by atoms with Crippen molar-refractivity contribution >= 4 is 17.3 Å². The Balaban J connectivity index is 2.01. The number of rotatable bonds is 2. The molecule has 1 aromatic heterocycles. The highest BCUT2D eigenvalue weighted by Gasteiger charge is 2.24. The van der Waals surface area contributed by atoms with E-state index < -0.39 is 11.9 Å². The summed E-state index contributed by atoms with van der Waals surface area (Å²) in [7, 11) is 0. The van der Waals surface area contributed by atoms with Gasteiger partial charge in [0.15, 0.2) is 0 Å². The van der Waals surface area contributed by atoms with Gasteiger partial charge in [0, 0.05) is 29.8 Å². The molecule has 1 aromatic carbocycles. The van der Waals surface area contributed by atoms with Gasteiger partial charge in [0.1, 0.15) is 17.7 Å². The lowest BCUT2D eigenvalue weighted by Gasteiger charge is -2.30. The molecule has 2 aromatic rings. The number of hydrogen-bond acceptors (Lipinski definition) is 4. The maximum atomic E-state index is 13.1. The van der Waals surface area contributed by atoms with Crippen LogP contribution in [0.4, 0.5) is 4.39 Å². The Hall–Kier alpha value is -2.21. The number of aromatic nitrogens is 1. The molecule has 1 saturated heterocycles. The largest absolute Gasteiger partial charge is 0.507 e. The fourth-order valence-corrected chi connectivity index (χ4v) is 2.36. The third kappa shape index (κ3) is 2.18. The van der Waals surface area contributed by atoms with Crippen molar-refractivity contribution in [2.24, 2.45) is 0 Å². The van der Waals surface area contributed by atoms with Crippen LogP contribution in [0.25, 0.3) is 10.9 Å². The highest BCUT2D eigenvalue weighted by molar-refractivity contribution is 5.85. The molecule has 1 N–H and O–H groups in total. The summed E-state index contributed by atoms with van der Waals surface area (Å²) in [6.07, 6.45) is 1.81. The van der Waals surface area contributed by atoms with Crippen LogP contribution in [0.15, 0.2) is 24.4 Å². The molecule has 0 saturated carbocycles. The normalized spacial score (nSPS) is 19.2. The molecule has 0 radical (unpaired) electrons. The van der Waals surface area contributed by atoms with Crippen LogP contribution in [0.3, 0.4) is 0 Å². The Morgan fingerprint density at radius 1 is 1.50 bits per heavy atom. The van der Waals surface area contributed by atoms with Crippen molar-refractivity contribution in [3.63, 3.8) is 0 Å². The van der Waals surface area contributed by atoms with Gasteiger partial charge < -0.3 is 14.7 Å². The van der Waals surface area contributed by atoms with Crippen molar-refractivity contribution in [1.82, 2.24) is 9.88 Å². The summed E-state index contributed by atoms with van der Waals surface area (Å²) in [6.45, 7) is 1.31. The van der Waals surface area contributed by atoms with Crippen LogP contribution in [-0.2, 0) is 9.53 Å². The average molecular weight is 276 g/mol. The van der Waals surface area contributed by atoms with E-state index in [4.69, 9.17) is 4.74 Å². The Morgan fingerprint density at radius 2 is 2.35 bits per heavy atom. The maximum absolute atomic E-state index is 13.1. The molecule has 6 heteroatoms. The molecule has 3 rings (SSSR count). The van der Waals surface area contributed by atoms with E-state index >= 15 is 0 Å². The van der Waals surface area contributed by atoms with E-state index in [1.165, 1.54) is 24.4 Å². The summed E-state index contributed by atoms with van der Waals surface area (Å²) in [4.78, 5) is 16.5. The van der Waals surface area contributed by atoms with Crippen molar-refractivity contribution in [2.75, 3.05) is 19.7 Å². The topological polar surface area (TPSA) is 62.7 Å². The first-order valence-corrected chi connectivity index (χ1v) is 6.27. The standard InChI is InChI=1S/C14H13FN2O3/c15-9-1-2-10-12(5-9)16-6-11(14(10)19)13-7-17(8-18)3-4-20-13/h1-2,5-6,8,13H,3-4,7H2,(H,16,19). The lowest BCUT2D eigenvalue weighted by atomic mass is 10.1. The molecule has 0 spiro atoms. The molecule has 1 aliphatic heterocycles. The third-order valence-electron chi connectivity index (χ3n) is 3.42. The van der Waals surface area contributed by atoms with Gasteiger partial charge in [0.2, 0.25) is 6.41 Å². The van der Waals surface area contributed by atoms with Crippen LogP contribution in [0.1, 0.15) is 11.7 Å². The number of halogens is 1. The molecule has 1 fully saturated rings. The van der Waals surface area contributed by atoms with Crippen LogP contribution in [0.5, 0.6) is 5.75 Å². The first kappa shape index (κ1) is 12.8. The average Bonchev–Trinajstić information content (AvgIpc) is 2.47. The third-order valence-corrected chi connectivity index (χ3v) is 3.42. The summed E-state index contributed by atoms with van der Waals surface area (Å²) < 4.78 is 18.7. The number of aromatic hydroxyl groups is 1. The van der Waals surface area contributed by atoms with Gasteiger partial charge >= 0.3 is 0 Å². The van der Waals surface area contributed by atoms with E-state index in [0.717, 1.165) is 6.41 Å². The van der Waals surface area contributed by atoms with Gasteiger partial charge in [-0.2, -0.15) is 0 Å². The van der Waals surface area contributed by atoms with Gasteiger partial charge in [-0.05, 0) is 12.1 Å². The van der Waals surface area contributed by atoms with E-state index in [1.807, 2.05) is 0 Å². The Labute approximate surface area is 114 Å². The molecule has 1 aliphatic rings. The first-order valence-electron chi connectivity index (χ1n) is 6.27. The monoisotopic (exact) mass is 276 g/mol. The van der Waals surface area contributed by atoms with Gasteiger partial charge in [-0.1, -0.05) is 0 Å². The van der Waals surface area contributed by atoms with Crippen LogP contribution >= 0.6 is 0 Å². The van der Waals surface area contributed by atoms with Gasteiger partial charge in [-0.3, -0.25) is 9.78 Å². The fourth-order valence-electron chi connectivity index (χ4n) is 2.36. The Bertz CT molecular complexity index is 662. The van der Waals surface area contributed by atoms with E-state index in [9.17, 15) is 14.3 Å². The van der Waals surface area contributed by atoms with Crippen molar-refractivity contribution in [3.8, 4) is 5.75 Å². The smallest absolute Gasteiger partial charge is 0.209 e. The zero-order valence-corrected chi connectivity index (χ0v) is 10.6. The highest BCUT2D eigenvalue weighted by Crippen LogP contribution is 2.34. The molecule has 2 heterocycles. The van der Waals surface area contributed by atoms with Gasteiger partial charge in [-0.15, -0.1) is 0 Å². The second-order valence-electron chi connectivity index (χ2n) is 4.68. The molecular formula is C14H13FN2O3. The minimum Gasteiger partial charge on any atom is -0.507 e. The number of morpholine rings is 1. The maximum Gasteiger partial charge on any atom is 0.209 e. The van der Waals surface area contributed by atoms with Crippen LogP contribution in [0.2, 0.25) is 0 Å². The number of amides is 1. The number of carbonyl (C=O) groups excluding carboxylic acids is 1. The molecule has 0 aliphatic carbocycles. The summed E-state index contributed by atoms with van der Waals surface area (Å²) >= 11 is 0. The van der Waals surface area contributed by atoms with Crippen LogP contribution < -0.4 is 0 Å². The summed E-state index contributed by atoms with van der Waals surface area (Å²) in [5.74, 6) is -0.383. The minimum atomic E-state index is -0.420. The second kappa shape index (κ2) is 5.05. The van der Waals surface area contributed by atoms with Gasteiger partial charge in [-0.25, -0.2) is 4.39 Å². The molecule has 5 nitrogen and oxygen atoms in total. The van der Waals surface area contributed by atoms with E-state index in [1.54, 1.807) is 4.90 Å². The fraction of sp³-hybridized carbons (Fsp3) is 0.286. The molecular weight excluding hydrogens is 263 g/mol. The van der Waals surface area contributed by atoms with Crippen molar-refractivity contribution in [2.45, 2.75) is 6.10 Å². The number of ether oxygens (including phenoxy) is 1. The van der Waals surface area contributed by atoms with Crippen LogP contribution in [-0.4, -0.2) is 41.1 Å². The van der Waals surface area contributed by atoms with E-state index in [2.05, 4.69) is 4.98 Å². The van der Waals surface area contributed by atoms with Gasteiger partial charge in [0.05, 0.1) is 18.7 Å². The number of hydrogen-bond donors (Lipinski definition) is 1. The zero-order valence-electron chi connectivity index (χ0n) is 10.6. The minimum absolute atomic E-state index is 0.0211. The lowest BCUT2D eigenvalue weighted by Crippen LogP contribution is -2.37. The number of nitrogens with zero attached hydrogens (tertiary/aromatic N) is 2. The van der Waals surface area contributed by atoms with E-state index in [0.29, 0.717) is 36.2 Å². The summed E-state index contributed by atoms with van der Waals surface area (Å²) in [6, 6.07) is 4.02. The SMILES string of the molecule is O=CN1CCOC(c2cnc3cc(F)ccc3c2O)C1. The second-order valence-corrected chi connectivity index (χ2v) is 4.68. The molecule has 20 heavy (non-hydrogen) atoms. The van der Waals surface area contributed by atoms with Crippen LogP contribution in [0, 0.1) is 5.82 Å². The summed E-state index contributed by atoms with van der Waals surface area (Å²) in [5, 5.41) is 10.8. The van der Waals surface area contributed by atoms with Gasteiger partial charge in [0.25, 0.3) is 0 Å². The van der Waals surface area contributed by atoms with E-state index in [-0.39, 0.29) is 5.75 Å². The predicted molar refractivity (Wildman–Crippen MR) is 69.7 cm³/mol. The molecule has 1 atom stereocenters. The Kier molecular flexibility index (Phi) is 3.23. The van der Waals surface area contributed by atoms with Crippen molar-refractivity contribution in [3.05, 3.63) is 35.8 Å². The first-order chi connectivity index (χ1) is 9.69. The summed E-state index contributed by atoms with van der Waals surface area (Å²) in [5.41, 5.74) is 0.893. The quantitative estimate of drug-likeness (QED) is 0.846. The molecule has 1 amide bonds. The molecule has 0 bridgehead atoms. The number of carbonyl (C=O) groups is 1. The van der Waals surface area contributed by atoms with Crippen molar-refractivity contribution < 1.29 is 19.0 Å². The lowest BCUT2D eigenvalue weighted by molar-refractivity contribution is -0.125. The molecule has 1 unspecified atom stereocenters. The Morgan fingerprint density at radius 3 is 3.15 bits per heavy atom. The zero-order chi connectivity index (χ0) is 14.1. The molecule has 104 valence electrons. The van der Waals surface area contributed by atoms with Crippen molar-refractivity contribution in [1.29, 1.82) is 0 Å².